The topological polar surface area (TPSA) is 81.7 Å². The molecule has 1 atom stereocenters. The van der Waals surface area contributed by atoms with E-state index in [9.17, 15) is 14.4 Å². The molecule has 0 saturated heterocycles. The predicted molar refractivity (Wildman–Crippen MR) is 118 cm³/mol. The largest absolute Gasteiger partial charge is 0.465 e. The number of nitrogens with one attached hydrogen (secondary N) is 1. The molecule has 0 aromatic heterocycles. The number of carbonyl (C=O) groups is 3. The summed E-state index contributed by atoms with van der Waals surface area (Å²) in [5, 5.41) is 3.28. The number of hydrogen-bond donors (Lipinski definition) is 1. The summed E-state index contributed by atoms with van der Waals surface area (Å²) in [7, 11) is 1.33. The number of ether oxygens (including phenoxy) is 2. The van der Waals surface area contributed by atoms with Crippen molar-refractivity contribution < 1.29 is 23.9 Å². The maximum absolute atomic E-state index is 13.2. The lowest BCUT2D eigenvalue weighted by molar-refractivity contribution is -0.140. The second-order valence-electron chi connectivity index (χ2n) is 7.94. The Kier molecular flexibility index (Phi) is 6.21. The van der Waals surface area contributed by atoms with E-state index in [1.54, 1.807) is 24.3 Å². The summed E-state index contributed by atoms with van der Waals surface area (Å²) in [5.74, 6) is -1.42. The Labute approximate surface area is 186 Å². The number of Topliss-reactive ketones (excluding diaryl/α,β-unsaturated/α-hetero) is 1. The fourth-order valence-corrected chi connectivity index (χ4v) is 4.32. The van der Waals surface area contributed by atoms with Gasteiger partial charge in [-0.25, -0.2) is 9.59 Å². The molecule has 0 bridgehead atoms. The van der Waals surface area contributed by atoms with E-state index in [1.807, 2.05) is 37.3 Å². The van der Waals surface area contributed by atoms with Crippen LogP contribution in [-0.4, -0.2) is 24.8 Å². The van der Waals surface area contributed by atoms with Gasteiger partial charge in [-0.15, -0.1) is 0 Å². The van der Waals surface area contributed by atoms with Crippen LogP contribution in [0, 0.1) is 0 Å². The first kappa shape index (κ1) is 21.6. The third-order valence-corrected chi connectivity index (χ3v) is 5.87. The Morgan fingerprint density at radius 2 is 1.72 bits per heavy atom. The van der Waals surface area contributed by atoms with Gasteiger partial charge in [0.15, 0.2) is 5.78 Å². The van der Waals surface area contributed by atoms with Crippen molar-refractivity contribution in [2.45, 2.75) is 38.7 Å². The van der Waals surface area contributed by atoms with Crippen molar-refractivity contribution in [1.29, 1.82) is 0 Å². The van der Waals surface area contributed by atoms with E-state index in [-0.39, 0.29) is 12.4 Å². The lowest BCUT2D eigenvalue weighted by Gasteiger charge is -2.34. The highest BCUT2D eigenvalue weighted by Gasteiger charge is 2.39. The van der Waals surface area contributed by atoms with Crippen LogP contribution in [0.3, 0.4) is 0 Å². The molecule has 0 spiro atoms. The van der Waals surface area contributed by atoms with Crippen molar-refractivity contribution in [1.82, 2.24) is 5.32 Å². The van der Waals surface area contributed by atoms with Gasteiger partial charge in [-0.3, -0.25) is 4.79 Å². The fraction of sp³-hybridized carbons (Fsp3) is 0.269. The van der Waals surface area contributed by atoms with Crippen molar-refractivity contribution in [2.24, 2.45) is 0 Å². The molecule has 2 aromatic carbocycles. The first-order valence-corrected chi connectivity index (χ1v) is 10.6. The Morgan fingerprint density at radius 1 is 1.00 bits per heavy atom. The zero-order valence-electron chi connectivity index (χ0n) is 18.1. The lowest BCUT2D eigenvalue weighted by Crippen LogP contribution is -2.34. The van der Waals surface area contributed by atoms with E-state index in [1.165, 1.54) is 7.11 Å². The quantitative estimate of drug-likeness (QED) is 0.715. The molecule has 1 N–H and O–H groups in total. The van der Waals surface area contributed by atoms with Crippen LogP contribution in [0.15, 0.2) is 77.1 Å². The minimum atomic E-state index is -0.547. The average Bonchev–Trinajstić information content (AvgIpc) is 2.82. The van der Waals surface area contributed by atoms with Crippen molar-refractivity contribution in [3.8, 4) is 0 Å². The molecule has 0 radical (unpaired) electrons. The van der Waals surface area contributed by atoms with Crippen LogP contribution >= 0.6 is 0 Å². The number of hydrogen-bond acceptors (Lipinski definition) is 6. The van der Waals surface area contributed by atoms with Crippen molar-refractivity contribution >= 4 is 17.7 Å². The molecule has 2 aromatic rings. The molecule has 6 heteroatoms. The molecule has 0 saturated carbocycles. The molecule has 32 heavy (non-hydrogen) atoms. The van der Waals surface area contributed by atoms with Crippen LogP contribution in [0.4, 0.5) is 0 Å². The average molecular weight is 431 g/mol. The SMILES string of the molecule is COC(=O)c1ccc([C@H]2C(C(=O)OCc3ccccc3)=C(C)NC3=C2C(=O)CCC3)cc1. The molecule has 164 valence electrons. The Balaban J connectivity index is 1.70. The number of methoxy groups -OCH3 is 1. The first-order chi connectivity index (χ1) is 15.5. The van der Waals surface area contributed by atoms with E-state index >= 15 is 0 Å². The van der Waals surface area contributed by atoms with Crippen LogP contribution in [-0.2, 0) is 25.7 Å². The number of esters is 2. The van der Waals surface area contributed by atoms with E-state index in [4.69, 9.17) is 9.47 Å². The molecular weight excluding hydrogens is 406 g/mol. The third kappa shape index (κ3) is 4.21. The van der Waals surface area contributed by atoms with Crippen molar-refractivity contribution in [3.05, 3.63) is 93.8 Å². The highest BCUT2D eigenvalue weighted by Crippen LogP contribution is 2.42. The third-order valence-electron chi connectivity index (χ3n) is 5.87. The highest BCUT2D eigenvalue weighted by atomic mass is 16.5. The first-order valence-electron chi connectivity index (χ1n) is 10.6. The lowest BCUT2D eigenvalue weighted by atomic mass is 9.75. The summed E-state index contributed by atoms with van der Waals surface area (Å²) in [5.41, 5.74) is 4.62. The molecule has 1 aliphatic heterocycles. The molecule has 0 fully saturated rings. The second kappa shape index (κ2) is 9.22. The summed E-state index contributed by atoms with van der Waals surface area (Å²) in [6, 6.07) is 16.3. The molecular formula is C26H25NO5. The minimum absolute atomic E-state index is 0.0293. The van der Waals surface area contributed by atoms with Gasteiger partial charge in [0, 0.05) is 29.3 Å². The van der Waals surface area contributed by atoms with Gasteiger partial charge in [-0.1, -0.05) is 42.5 Å². The summed E-state index contributed by atoms with van der Waals surface area (Å²) >= 11 is 0. The smallest absolute Gasteiger partial charge is 0.337 e. The maximum atomic E-state index is 13.2. The van der Waals surface area contributed by atoms with Crippen LogP contribution in [0.25, 0.3) is 0 Å². The minimum Gasteiger partial charge on any atom is -0.465 e. The fourth-order valence-electron chi connectivity index (χ4n) is 4.32. The van der Waals surface area contributed by atoms with E-state index in [2.05, 4.69) is 5.32 Å². The van der Waals surface area contributed by atoms with Crippen LogP contribution in [0.2, 0.25) is 0 Å². The second-order valence-corrected chi connectivity index (χ2v) is 7.94. The van der Waals surface area contributed by atoms with Gasteiger partial charge in [0.2, 0.25) is 0 Å². The van der Waals surface area contributed by atoms with Gasteiger partial charge in [0.05, 0.1) is 18.2 Å². The number of carbonyl (C=O) groups excluding carboxylic acids is 3. The standard InChI is InChI=1S/C26H25NO5/c1-16-22(26(30)32-15-17-7-4-3-5-8-17)23(24-20(27-16)9-6-10-21(24)28)18-11-13-19(14-12-18)25(29)31-2/h3-5,7-8,11-14,23,27H,6,9-10,15H2,1-2H3/t23-/m0/s1. The number of rotatable bonds is 5. The van der Waals surface area contributed by atoms with Crippen molar-refractivity contribution in [2.75, 3.05) is 7.11 Å². The molecule has 6 nitrogen and oxygen atoms in total. The number of benzene rings is 2. The van der Waals surface area contributed by atoms with Crippen LogP contribution in [0.1, 0.15) is 53.6 Å². The summed E-state index contributed by atoms with van der Waals surface area (Å²) in [6.07, 6.45) is 1.98. The van der Waals surface area contributed by atoms with E-state index in [0.717, 1.165) is 29.7 Å². The van der Waals surface area contributed by atoms with Crippen LogP contribution in [0.5, 0.6) is 0 Å². The Hall–Kier alpha value is -3.67. The Bertz CT molecular complexity index is 1110. The molecule has 1 aliphatic carbocycles. The van der Waals surface area contributed by atoms with Gasteiger partial charge < -0.3 is 14.8 Å². The number of allylic oxidation sites excluding steroid dienone is 3. The highest BCUT2D eigenvalue weighted by molar-refractivity contribution is 6.03. The monoisotopic (exact) mass is 431 g/mol. The molecule has 0 amide bonds. The number of dihydropyridines is 1. The van der Waals surface area contributed by atoms with Gasteiger partial charge >= 0.3 is 11.9 Å². The zero-order chi connectivity index (χ0) is 22.7. The van der Waals surface area contributed by atoms with Gasteiger partial charge in [0.1, 0.15) is 6.61 Å². The molecule has 0 unspecified atom stereocenters. The van der Waals surface area contributed by atoms with Gasteiger partial charge in [0.25, 0.3) is 0 Å². The van der Waals surface area contributed by atoms with E-state index < -0.39 is 17.9 Å². The summed E-state index contributed by atoms with van der Waals surface area (Å²) in [6.45, 7) is 1.97. The zero-order valence-corrected chi connectivity index (χ0v) is 18.1. The summed E-state index contributed by atoms with van der Waals surface area (Å²) < 4.78 is 10.4. The van der Waals surface area contributed by atoms with Crippen molar-refractivity contribution in [3.63, 3.8) is 0 Å². The van der Waals surface area contributed by atoms with Gasteiger partial charge in [-0.05, 0) is 43.0 Å². The van der Waals surface area contributed by atoms with Gasteiger partial charge in [-0.2, -0.15) is 0 Å². The van der Waals surface area contributed by atoms with E-state index in [0.29, 0.717) is 28.8 Å². The molecule has 2 aliphatic rings. The normalized spacial score (nSPS) is 18.1. The Morgan fingerprint density at radius 3 is 2.41 bits per heavy atom. The predicted octanol–water partition coefficient (Wildman–Crippen LogP) is 4.18. The number of ketones is 1. The van der Waals surface area contributed by atoms with Crippen LogP contribution < -0.4 is 5.32 Å². The molecule has 1 heterocycles. The molecule has 4 rings (SSSR count). The maximum Gasteiger partial charge on any atom is 0.337 e. The summed E-state index contributed by atoms with van der Waals surface area (Å²) in [4.78, 5) is 38.0.